The lowest BCUT2D eigenvalue weighted by atomic mass is 10.1. The standard InChI is InChI=1S/C10H12BrClN2O2/c11-8-9(12)13-6-14-10(8)16-5-7-3-1-2-4-15-7/h6-7H,1-5H2. The van der Waals surface area contributed by atoms with Crippen molar-refractivity contribution < 1.29 is 9.47 Å². The minimum atomic E-state index is 0.161. The van der Waals surface area contributed by atoms with Crippen LogP contribution in [0, 0.1) is 0 Å². The fourth-order valence-corrected chi connectivity index (χ4v) is 1.99. The zero-order valence-electron chi connectivity index (χ0n) is 8.66. The van der Waals surface area contributed by atoms with Crippen LogP contribution in [0.1, 0.15) is 19.3 Å². The summed E-state index contributed by atoms with van der Waals surface area (Å²) < 4.78 is 11.7. The molecule has 1 atom stereocenters. The average molecular weight is 308 g/mol. The van der Waals surface area contributed by atoms with Gasteiger partial charge in [-0.2, -0.15) is 0 Å². The largest absolute Gasteiger partial charge is 0.474 e. The van der Waals surface area contributed by atoms with Gasteiger partial charge in [-0.3, -0.25) is 0 Å². The Kier molecular flexibility index (Phi) is 4.37. The monoisotopic (exact) mass is 306 g/mol. The van der Waals surface area contributed by atoms with E-state index in [-0.39, 0.29) is 6.10 Å². The summed E-state index contributed by atoms with van der Waals surface area (Å²) in [6.07, 6.45) is 4.91. The molecule has 1 unspecified atom stereocenters. The number of ether oxygens (including phenoxy) is 2. The first kappa shape index (κ1) is 12.1. The predicted molar refractivity (Wildman–Crippen MR) is 63.8 cm³/mol. The van der Waals surface area contributed by atoms with E-state index in [4.69, 9.17) is 21.1 Å². The number of hydrogen-bond acceptors (Lipinski definition) is 4. The molecule has 4 nitrogen and oxygen atoms in total. The van der Waals surface area contributed by atoms with Crippen molar-refractivity contribution in [1.29, 1.82) is 0 Å². The molecule has 1 aliphatic heterocycles. The number of nitrogens with zero attached hydrogens (tertiary/aromatic N) is 2. The van der Waals surface area contributed by atoms with Crippen LogP contribution in [-0.4, -0.2) is 29.3 Å². The molecule has 1 aliphatic rings. The first-order valence-electron chi connectivity index (χ1n) is 5.18. The lowest BCUT2D eigenvalue weighted by Crippen LogP contribution is -2.26. The molecule has 1 aromatic heterocycles. The topological polar surface area (TPSA) is 44.2 Å². The second-order valence-corrected chi connectivity index (χ2v) is 4.73. The third-order valence-corrected chi connectivity index (χ3v) is 3.62. The molecule has 16 heavy (non-hydrogen) atoms. The van der Waals surface area contributed by atoms with Crippen LogP contribution in [0.3, 0.4) is 0 Å². The maximum Gasteiger partial charge on any atom is 0.232 e. The molecule has 0 aliphatic carbocycles. The molecular formula is C10H12BrClN2O2. The van der Waals surface area contributed by atoms with Crippen LogP contribution < -0.4 is 4.74 Å². The third kappa shape index (κ3) is 3.06. The Hall–Kier alpha value is -0.390. The van der Waals surface area contributed by atoms with Gasteiger partial charge < -0.3 is 9.47 Å². The predicted octanol–water partition coefficient (Wildman–Crippen LogP) is 2.84. The Balaban J connectivity index is 1.91. The van der Waals surface area contributed by atoms with Gasteiger partial charge in [-0.25, -0.2) is 9.97 Å². The number of halogens is 2. The molecule has 1 aromatic rings. The smallest absolute Gasteiger partial charge is 0.232 e. The molecule has 88 valence electrons. The number of hydrogen-bond donors (Lipinski definition) is 0. The van der Waals surface area contributed by atoms with Crippen molar-refractivity contribution in [1.82, 2.24) is 9.97 Å². The maximum absolute atomic E-state index is 5.83. The van der Waals surface area contributed by atoms with Crippen LogP contribution in [0.5, 0.6) is 5.88 Å². The van der Waals surface area contributed by atoms with E-state index < -0.39 is 0 Å². The van der Waals surface area contributed by atoms with E-state index in [2.05, 4.69) is 25.9 Å². The Morgan fingerprint density at radius 2 is 2.38 bits per heavy atom. The minimum Gasteiger partial charge on any atom is -0.474 e. The average Bonchev–Trinajstić information content (AvgIpc) is 2.32. The number of aromatic nitrogens is 2. The van der Waals surface area contributed by atoms with Crippen molar-refractivity contribution in [3.63, 3.8) is 0 Å². The molecule has 0 aromatic carbocycles. The molecule has 0 saturated carbocycles. The van der Waals surface area contributed by atoms with E-state index >= 15 is 0 Å². The molecule has 1 fully saturated rings. The highest BCUT2D eigenvalue weighted by atomic mass is 79.9. The van der Waals surface area contributed by atoms with Crippen molar-refractivity contribution in [2.24, 2.45) is 0 Å². The first-order valence-corrected chi connectivity index (χ1v) is 6.35. The lowest BCUT2D eigenvalue weighted by molar-refractivity contribution is -0.0121. The van der Waals surface area contributed by atoms with Crippen LogP contribution in [-0.2, 0) is 4.74 Å². The van der Waals surface area contributed by atoms with Crippen LogP contribution in [0.4, 0.5) is 0 Å². The number of rotatable bonds is 3. The van der Waals surface area contributed by atoms with Crippen molar-refractivity contribution >= 4 is 27.5 Å². The van der Waals surface area contributed by atoms with Crippen LogP contribution in [0.2, 0.25) is 5.15 Å². The molecule has 0 N–H and O–H groups in total. The van der Waals surface area contributed by atoms with E-state index in [1.54, 1.807) is 0 Å². The molecule has 2 rings (SSSR count). The van der Waals surface area contributed by atoms with Gasteiger partial charge in [-0.1, -0.05) is 11.6 Å². The molecule has 2 heterocycles. The van der Waals surface area contributed by atoms with Gasteiger partial charge >= 0.3 is 0 Å². The highest BCUT2D eigenvalue weighted by Crippen LogP contribution is 2.28. The van der Waals surface area contributed by atoms with Crippen molar-refractivity contribution in [2.45, 2.75) is 25.4 Å². The fraction of sp³-hybridized carbons (Fsp3) is 0.600. The summed E-state index contributed by atoms with van der Waals surface area (Å²) in [7, 11) is 0. The van der Waals surface area contributed by atoms with Gasteiger partial charge in [-0.15, -0.1) is 0 Å². The summed E-state index contributed by atoms with van der Waals surface area (Å²) in [6.45, 7) is 1.33. The summed E-state index contributed by atoms with van der Waals surface area (Å²) in [4.78, 5) is 7.83. The molecule has 1 saturated heterocycles. The SMILES string of the molecule is Clc1ncnc(OCC2CCCCO2)c1Br. The Morgan fingerprint density at radius 1 is 1.50 bits per heavy atom. The quantitative estimate of drug-likeness (QED) is 0.806. The third-order valence-electron chi connectivity index (χ3n) is 2.39. The van der Waals surface area contributed by atoms with E-state index in [1.165, 1.54) is 12.7 Å². The van der Waals surface area contributed by atoms with Gasteiger partial charge in [0, 0.05) is 6.61 Å². The van der Waals surface area contributed by atoms with Gasteiger partial charge in [0.1, 0.15) is 17.4 Å². The minimum absolute atomic E-state index is 0.161. The van der Waals surface area contributed by atoms with E-state index in [0.29, 0.717) is 22.1 Å². The van der Waals surface area contributed by atoms with Gasteiger partial charge in [-0.05, 0) is 35.2 Å². The normalized spacial score (nSPS) is 20.8. The second-order valence-electron chi connectivity index (χ2n) is 3.58. The van der Waals surface area contributed by atoms with E-state index in [1.807, 2.05) is 0 Å². The van der Waals surface area contributed by atoms with Crippen LogP contribution >= 0.6 is 27.5 Å². The summed E-state index contributed by atoms with van der Waals surface area (Å²) in [6, 6.07) is 0. The molecule has 0 spiro atoms. The summed E-state index contributed by atoms with van der Waals surface area (Å²) >= 11 is 9.11. The van der Waals surface area contributed by atoms with Gasteiger partial charge in [0.05, 0.1) is 6.10 Å². The summed E-state index contributed by atoms with van der Waals surface area (Å²) in [5.41, 5.74) is 0. The van der Waals surface area contributed by atoms with Gasteiger partial charge in [0.15, 0.2) is 5.15 Å². The summed E-state index contributed by atoms with van der Waals surface area (Å²) in [5.74, 6) is 0.467. The summed E-state index contributed by atoms with van der Waals surface area (Å²) in [5, 5.41) is 0.356. The van der Waals surface area contributed by atoms with Crippen molar-refractivity contribution in [3.05, 3.63) is 16.0 Å². The molecule has 0 radical (unpaired) electrons. The molecular weight excluding hydrogens is 295 g/mol. The van der Waals surface area contributed by atoms with E-state index in [9.17, 15) is 0 Å². The first-order chi connectivity index (χ1) is 7.77. The van der Waals surface area contributed by atoms with Crippen LogP contribution in [0.25, 0.3) is 0 Å². The van der Waals surface area contributed by atoms with Crippen LogP contribution in [0.15, 0.2) is 10.8 Å². The second kappa shape index (κ2) is 5.80. The lowest BCUT2D eigenvalue weighted by Gasteiger charge is -2.22. The molecule has 0 amide bonds. The van der Waals surface area contributed by atoms with Crippen molar-refractivity contribution in [3.8, 4) is 5.88 Å². The Bertz CT molecular complexity index is 359. The highest BCUT2D eigenvalue weighted by molar-refractivity contribution is 9.10. The zero-order chi connectivity index (χ0) is 11.4. The Labute approximate surface area is 107 Å². The maximum atomic E-state index is 5.83. The van der Waals surface area contributed by atoms with Gasteiger partial charge in [0.25, 0.3) is 0 Å². The molecule has 0 bridgehead atoms. The zero-order valence-corrected chi connectivity index (χ0v) is 11.0. The van der Waals surface area contributed by atoms with Gasteiger partial charge in [0.2, 0.25) is 5.88 Å². The highest BCUT2D eigenvalue weighted by Gasteiger charge is 2.16. The van der Waals surface area contributed by atoms with E-state index in [0.717, 1.165) is 19.4 Å². The van der Waals surface area contributed by atoms with Crippen molar-refractivity contribution in [2.75, 3.05) is 13.2 Å². The fourth-order valence-electron chi connectivity index (χ4n) is 1.54. The Morgan fingerprint density at radius 3 is 3.12 bits per heavy atom. The molecule has 6 heteroatoms.